The van der Waals surface area contributed by atoms with Crippen molar-refractivity contribution in [2.24, 2.45) is 14.1 Å². The van der Waals surface area contributed by atoms with Gasteiger partial charge >= 0.3 is 0 Å². The predicted molar refractivity (Wildman–Crippen MR) is 163 cm³/mol. The Morgan fingerprint density at radius 2 is 0.833 bits per heavy atom. The van der Waals surface area contributed by atoms with Crippen molar-refractivity contribution in [1.82, 2.24) is 0 Å². The molecule has 10 nitrogen and oxygen atoms in total. The van der Waals surface area contributed by atoms with Crippen LogP contribution in [-0.4, -0.2) is 38.5 Å². The number of hydrogen-bond donors (Lipinski definition) is 2. The van der Waals surface area contributed by atoms with Gasteiger partial charge in [0.05, 0.1) is 41.8 Å². The summed E-state index contributed by atoms with van der Waals surface area (Å²) < 4.78 is 59.1. The fraction of sp³-hybridized carbons (Fsp3) is 0.133. The van der Waals surface area contributed by atoms with Crippen LogP contribution in [0.2, 0.25) is 0 Å². The maximum atomic E-state index is 9.08. The standard InChI is InChI=1S/C28H22N4.2CH4O3S/c1-31-23-7-3-6-22-25(23)26-21(27(31)17-9-13-19(29)14-10-17)5-4-8-24(26)32(2)28(22)18-11-15-20(30)16-12-18;2*1-5(2,3)4/h3-16,29-30H,1-2H3;2*1H3,(H,2,3,4). The first kappa shape index (κ1) is 30.6. The van der Waals surface area contributed by atoms with Crippen LogP contribution in [0.1, 0.15) is 0 Å². The molecular weight excluding hydrogens is 576 g/mol. The van der Waals surface area contributed by atoms with Crippen molar-refractivity contribution in [2.75, 3.05) is 24.0 Å². The van der Waals surface area contributed by atoms with E-state index in [2.05, 4.69) is 83.9 Å². The number of aromatic nitrogens is 2. The third-order valence-electron chi connectivity index (χ3n) is 6.61. The Labute approximate surface area is 244 Å². The van der Waals surface area contributed by atoms with E-state index < -0.39 is 20.2 Å². The van der Waals surface area contributed by atoms with Crippen LogP contribution in [0.15, 0.2) is 84.9 Å². The zero-order valence-corrected chi connectivity index (χ0v) is 25.0. The zero-order valence-electron chi connectivity index (χ0n) is 23.4. The Bertz CT molecular complexity index is 1960. The Morgan fingerprint density at radius 1 is 0.548 bits per heavy atom. The lowest BCUT2D eigenvalue weighted by Crippen LogP contribution is -2.36. The van der Waals surface area contributed by atoms with Crippen LogP contribution < -0.4 is 20.6 Å². The molecule has 6 aromatic rings. The van der Waals surface area contributed by atoms with Gasteiger partial charge in [0.1, 0.15) is 14.1 Å². The van der Waals surface area contributed by atoms with Gasteiger partial charge < -0.3 is 20.6 Å². The molecule has 2 aromatic heterocycles. The molecule has 0 bridgehead atoms. The lowest BCUT2D eigenvalue weighted by molar-refractivity contribution is -0.634. The van der Waals surface area contributed by atoms with E-state index in [-0.39, 0.29) is 0 Å². The molecule has 4 aromatic carbocycles. The molecule has 0 aliphatic carbocycles. The quantitative estimate of drug-likeness (QED) is 0.131. The first-order valence-electron chi connectivity index (χ1n) is 12.6. The monoisotopic (exact) mass is 606 g/mol. The molecule has 2 heterocycles. The summed E-state index contributed by atoms with van der Waals surface area (Å²) in [4.78, 5) is 0. The second-order valence-electron chi connectivity index (χ2n) is 9.87. The number of aryl methyl sites for hydroxylation is 2. The number of rotatable bonds is 2. The Morgan fingerprint density at radius 3 is 1.12 bits per heavy atom. The number of benzene rings is 4. The molecule has 0 unspecified atom stereocenters. The minimum Gasteiger partial charge on any atom is -0.748 e. The molecule has 218 valence electrons. The molecule has 12 heteroatoms. The van der Waals surface area contributed by atoms with E-state index in [9.17, 15) is 0 Å². The van der Waals surface area contributed by atoms with Crippen LogP contribution >= 0.6 is 0 Å². The van der Waals surface area contributed by atoms with Crippen LogP contribution in [0.5, 0.6) is 0 Å². The summed E-state index contributed by atoms with van der Waals surface area (Å²) in [5, 5.41) is 5.03. The Balaban J connectivity index is 0.000000352. The van der Waals surface area contributed by atoms with E-state index in [0.717, 1.165) is 22.5 Å². The third kappa shape index (κ3) is 6.74. The molecule has 0 radical (unpaired) electrons. The molecule has 0 aliphatic heterocycles. The summed E-state index contributed by atoms with van der Waals surface area (Å²) in [5.74, 6) is 0. The van der Waals surface area contributed by atoms with Gasteiger partial charge in [-0.2, -0.15) is 9.13 Å². The molecule has 0 saturated heterocycles. The van der Waals surface area contributed by atoms with Crippen LogP contribution in [0.25, 0.3) is 55.1 Å². The van der Waals surface area contributed by atoms with Crippen molar-refractivity contribution in [3.63, 3.8) is 0 Å². The molecule has 4 N–H and O–H groups in total. The van der Waals surface area contributed by atoms with Crippen molar-refractivity contribution in [3.05, 3.63) is 84.9 Å². The summed E-state index contributed by atoms with van der Waals surface area (Å²) in [6.45, 7) is 0. The smallest absolute Gasteiger partial charge is 0.220 e. The van der Waals surface area contributed by atoms with Crippen LogP contribution in [0, 0.1) is 0 Å². The van der Waals surface area contributed by atoms with Crippen molar-refractivity contribution >= 4 is 64.2 Å². The maximum absolute atomic E-state index is 9.08. The van der Waals surface area contributed by atoms with Crippen molar-refractivity contribution in [1.29, 1.82) is 0 Å². The predicted octanol–water partition coefficient (Wildman–Crippen LogP) is 3.05. The van der Waals surface area contributed by atoms with Gasteiger partial charge in [0.15, 0.2) is 0 Å². The highest BCUT2D eigenvalue weighted by Gasteiger charge is 2.29. The van der Waals surface area contributed by atoms with Crippen LogP contribution in [-0.2, 0) is 34.3 Å². The summed E-state index contributed by atoms with van der Waals surface area (Å²) in [7, 11) is -3.53. The van der Waals surface area contributed by atoms with Crippen LogP contribution in [0.3, 0.4) is 0 Å². The zero-order chi connectivity index (χ0) is 31.0. The fourth-order valence-corrected chi connectivity index (χ4v) is 5.14. The minimum atomic E-state index is -3.92. The van der Waals surface area contributed by atoms with Gasteiger partial charge in [-0.1, -0.05) is 12.1 Å². The average Bonchev–Trinajstić information content (AvgIpc) is 2.88. The largest absolute Gasteiger partial charge is 0.748 e. The van der Waals surface area contributed by atoms with Gasteiger partial charge in [-0.05, 0) is 60.7 Å². The Hall–Kier alpha value is -4.36. The second kappa shape index (κ2) is 11.5. The van der Waals surface area contributed by atoms with Gasteiger partial charge in [-0.25, -0.2) is 16.8 Å². The lowest BCUT2D eigenvalue weighted by Gasteiger charge is -2.14. The number of nitrogens with two attached hydrogens (primary N) is 2. The first-order chi connectivity index (χ1) is 19.5. The topological polar surface area (TPSA) is 174 Å². The molecule has 0 fully saturated rings. The van der Waals surface area contributed by atoms with Crippen molar-refractivity contribution < 1.29 is 35.1 Å². The second-order valence-corrected chi connectivity index (χ2v) is 12.7. The van der Waals surface area contributed by atoms with Gasteiger partial charge in [0.25, 0.3) is 0 Å². The lowest BCUT2D eigenvalue weighted by atomic mass is 9.93. The van der Waals surface area contributed by atoms with E-state index in [1.54, 1.807) is 0 Å². The van der Waals surface area contributed by atoms with Gasteiger partial charge in [-0.3, -0.25) is 0 Å². The summed E-state index contributed by atoms with van der Waals surface area (Å²) in [5.41, 5.74) is 20.6. The van der Waals surface area contributed by atoms with E-state index in [1.807, 2.05) is 24.3 Å². The molecule has 0 amide bonds. The maximum Gasteiger partial charge on any atom is 0.220 e. The molecule has 0 atom stereocenters. The van der Waals surface area contributed by atoms with E-state index in [1.165, 1.54) is 44.0 Å². The first-order valence-corrected chi connectivity index (χ1v) is 16.2. The highest BCUT2D eigenvalue weighted by atomic mass is 32.2. The minimum absolute atomic E-state index is 0.604. The number of pyridine rings is 2. The fourth-order valence-electron chi connectivity index (χ4n) is 5.14. The molecular formula is C30H30N4O6S2. The van der Waals surface area contributed by atoms with Gasteiger partial charge in [0.2, 0.25) is 22.4 Å². The number of anilines is 2. The number of nitrogens with zero attached hydrogens (tertiary/aromatic N) is 2. The molecule has 0 aliphatic rings. The van der Waals surface area contributed by atoms with E-state index in [4.69, 9.17) is 37.4 Å². The highest BCUT2D eigenvalue weighted by molar-refractivity contribution is 7.85. The molecule has 42 heavy (non-hydrogen) atoms. The normalized spacial score (nSPS) is 11.7. The van der Waals surface area contributed by atoms with E-state index >= 15 is 0 Å². The highest BCUT2D eigenvalue weighted by Crippen LogP contribution is 2.39. The third-order valence-corrected chi connectivity index (χ3v) is 6.61. The van der Waals surface area contributed by atoms with Gasteiger partial charge in [-0.15, -0.1) is 0 Å². The number of hydrogen-bond acceptors (Lipinski definition) is 8. The number of nitrogen functional groups attached to an aromatic ring is 2. The van der Waals surface area contributed by atoms with Crippen molar-refractivity contribution in [2.45, 2.75) is 0 Å². The SMILES string of the molecule is CS(=O)(=O)[O-].CS(=O)(=O)[O-].C[n+]1c(-c2ccc(N)cc2)c2cccc3c2c2c(cccc21)c(-c1ccc(N)cc1)[n+]3C. The molecule has 0 saturated carbocycles. The van der Waals surface area contributed by atoms with E-state index in [0.29, 0.717) is 12.5 Å². The average molecular weight is 607 g/mol. The van der Waals surface area contributed by atoms with Crippen molar-refractivity contribution in [3.8, 4) is 22.5 Å². The molecule has 6 rings (SSSR count). The summed E-state index contributed by atoms with van der Waals surface area (Å²) in [6.07, 6.45) is 1.21. The Kier molecular flexibility index (Phi) is 8.37. The van der Waals surface area contributed by atoms with Crippen LogP contribution in [0.4, 0.5) is 11.4 Å². The molecule has 0 spiro atoms. The van der Waals surface area contributed by atoms with Gasteiger partial charge in [0, 0.05) is 47.1 Å². The summed E-state index contributed by atoms with van der Waals surface area (Å²) in [6, 6.07) is 29.5. The summed E-state index contributed by atoms with van der Waals surface area (Å²) >= 11 is 0.